The first kappa shape index (κ1) is 32.7. The summed E-state index contributed by atoms with van der Waals surface area (Å²) in [6.07, 6.45) is 0. The van der Waals surface area contributed by atoms with Gasteiger partial charge in [-0.2, -0.15) is 0 Å². The summed E-state index contributed by atoms with van der Waals surface area (Å²) in [7, 11) is 0. The zero-order valence-corrected chi connectivity index (χ0v) is 30.8. The van der Waals surface area contributed by atoms with Crippen LogP contribution in [0.4, 0.5) is 17.1 Å². The largest absolute Gasteiger partial charge is 0.456 e. The maximum atomic E-state index is 6.67. The SMILES string of the molecule is c1ccc(-c2ccc(N(c3ccc(-c4c5oc(-c6ccccc6)nc5cc5oc6ccccc6c45)cc3)c3cc(-c4ccccc4)cc4ccccc34)cc2)cc1. The maximum absolute atomic E-state index is 6.67. The highest BCUT2D eigenvalue weighted by atomic mass is 16.4. The average Bonchev–Trinajstić information content (AvgIpc) is 3.88. The van der Waals surface area contributed by atoms with Crippen LogP contribution in [0.1, 0.15) is 0 Å². The minimum Gasteiger partial charge on any atom is -0.456 e. The Labute approximate surface area is 329 Å². The zero-order valence-electron chi connectivity index (χ0n) is 30.8. The van der Waals surface area contributed by atoms with Crippen LogP contribution < -0.4 is 4.90 Å². The monoisotopic (exact) mass is 730 g/mol. The number of furan rings is 1. The van der Waals surface area contributed by atoms with Crippen LogP contribution in [-0.2, 0) is 0 Å². The van der Waals surface area contributed by atoms with Gasteiger partial charge in [0.05, 0.1) is 5.69 Å². The molecule has 0 unspecified atom stereocenters. The number of aromatic nitrogens is 1. The first-order chi connectivity index (χ1) is 28.2. The molecule has 0 bridgehead atoms. The van der Waals surface area contributed by atoms with Crippen LogP contribution in [0.25, 0.3) is 88.6 Å². The number of nitrogens with zero attached hydrogens (tertiary/aromatic N) is 2. The van der Waals surface area contributed by atoms with Crippen molar-refractivity contribution in [3.05, 3.63) is 206 Å². The number of oxazole rings is 1. The van der Waals surface area contributed by atoms with Gasteiger partial charge < -0.3 is 13.7 Å². The average molecular weight is 731 g/mol. The Bertz CT molecular complexity index is 3200. The number of hydrogen-bond acceptors (Lipinski definition) is 4. The molecule has 268 valence electrons. The lowest BCUT2D eigenvalue weighted by Crippen LogP contribution is -2.10. The molecule has 0 radical (unpaired) electrons. The smallest absolute Gasteiger partial charge is 0.227 e. The van der Waals surface area contributed by atoms with E-state index in [1.807, 2.05) is 48.5 Å². The van der Waals surface area contributed by atoms with Crippen molar-refractivity contribution in [3.63, 3.8) is 0 Å². The van der Waals surface area contributed by atoms with Gasteiger partial charge >= 0.3 is 0 Å². The van der Waals surface area contributed by atoms with E-state index < -0.39 is 0 Å². The molecule has 0 atom stereocenters. The van der Waals surface area contributed by atoms with Crippen molar-refractivity contribution in [2.45, 2.75) is 0 Å². The number of para-hydroxylation sites is 1. The van der Waals surface area contributed by atoms with Crippen LogP contribution in [0.3, 0.4) is 0 Å². The van der Waals surface area contributed by atoms with Crippen LogP contribution in [0.2, 0.25) is 0 Å². The van der Waals surface area contributed by atoms with Crippen molar-refractivity contribution in [3.8, 4) is 44.8 Å². The summed E-state index contributed by atoms with van der Waals surface area (Å²) in [5, 5.41) is 4.39. The van der Waals surface area contributed by atoms with E-state index in [-0.39, 0.29) is 0 Å². The minimum atomic E-state index is 0.579. The molecule has 0 N–H and O–H groups in total. The van der Waals surface area contributed by atoms with Gasteiger partial charge in [-0.05, 0) is 87.8 Å². The van der Waals surface area contributed by atoms with E-state index in [1.165, 1.54) is 27.5 Å². The van der Waals surface area contributed by atoms with Crippen LogP contribution in [0.15, 0.2) is 215 Å². The number of benzene rings is 9. The summed E-state index contributed by atoms with van der Waals surface area (Å²) in [4.78, 5) is 7.34. The predicted molar refractivity (Wildman–Crippen MR) is 235 cm³/mol. The number of fused-ring (bicyclic) bond motifs is 5. The zero-order chi connectivity index (χ0) is 37.7. The fraction of sp³-hybridized carbons (Fsp3) is 0. The molecule has 0 amide bonds. The Balaban J connectivity index is 1.11. The fourth-order valence-corrected chi connectivity index (χ4v) is 8.16. The van der Waals surface area contributed by atoms with Gasteiger partial charge in [-0.25, -0.2) is 4.98 Å². The molecule has 0 aliphatic heterocycles. The van der Waals surface area contributed by atoms with E-state index in [9.17, 15) is 0 Å². The molecule has 11 rings (SSSR count). The number of hydrogen-bond donors (Lipinski definition) is 0. The van der Waals surface area contributed by atoms with Crippen LogP contribution in [0.5, 0.6) is 0 Å². The van der Waals surface area contributed by atoms with Crippen molar-refractivity contribution in [2.75, 3.05) is 4.90 Å². The first-order valence-electron chi connectivity index (χ1n) is 19.2. The van der Waals surface area contributed by atoms with Crippen molar-refractivity contribution < 1.29 is 8.83 Å². The Hall–Kier alpha value is -7.69. The highest BCUT2D eigenvalue weighted by Crippen LogP contribution is 2.46. The van der Waals surface area contributed by atoms with Crippen molar-refractivity contribution in [1.82, 2.24) is 4.98 Å². The summed E-state index contributed by atoms with van der Waals surface area (Å²) in [5.41, 5.74) is 13.9. The topological polar surface area (TPSA) is 42.4 Å². The molecule has 57 heavy (non-hydrogen) atoms. The second kappa shape index (κ2) is 13.6. The molecule has 0 aliphatic rings. The highest BCUT2D eigenvalue weighted by Gasteiger charge is 2.23. The molecule has 2 aromatic heterocycles. The second-order valence-electron chi connectivity index (χ2n) is 14.3. The molecule has 11 aromatic rings. The summed E-state index contributed by atoms with van der Waals surface area (Å²) < 4.78 is 13.1. The van der Waals surface area contributed by atoms with E-state index in [1.54, 1.807) is 0 Å². The van der Waals surface area contributed by atoms with E-state index >= 15 is 0 Å². The van der Waals surface area contributed by atoms with Crippen molar-refractivity contribution >= 4 is 60.9 Å². The quantitative estimate of drug-likeness (QED) is 0.164. The van der Waals surface area contributed by atoms with E-state index in [2.05, 4.69) is 163 Å². The molecule has 0 saturated carbocycles. The van der Waals surface area contributed by atoms with E-state index in [0.717, 1.165) is 72.4 Å². The summed E-state index contributed by atoms with van der Waals surface area (Å²) in [6.45, 7) is 0. The molecular weight excluding hydrogens is 697 g/mol. The lowest BCUT2D eigenvalue weighted by Gasteiger charge is -2.28. The van der Waals surface area contributed by atoms with Crippen molar-refractivity contribution in [1.29, 1.82) is 0 Å². The van der Waals surface area contributed by atoms with Gasteiger partial charge in [0.1, 0.15) is 16.7 Å². The molecule has 0 spiro atoms. The molecule has 4 heteroatoms. The number of anilines is 3. The summed E-state index contributed by atoms with van der Waals surface area (Å²) in [6, 6.07) is 72.4. The standard InChI is InChI=1S/C53H34N2O2/c1-4-14-35(15-5-1)37-24-28-42(29-25-37)55(47-33-41(36-16-6-2-7-17-36)32-40-20-10-11-21-44(40)47)43-30-26-38(27-31-43)50-51-45-22-12-13-23-48(45)56-49(51)34-46-52(50)57-53(54-46)39-18-8-3-9-19-39/h1-34H. The van der Waals surface area contributed by atoms with Crippen molar-refractivity contribution in [2.24, 2.45) is 0 Å². The van der Waals surface area contributed by atoms with Gasteiger partial charge in [-0.15, -0.1) is 0 Å². The van der Waals surface area contributed by atoms with Gasteiger partial charge in [0, 0.05) is 44.7 Å². The molecule has 9 aromatic carbocycles. The van der Waals surface area contributed by atoms with Gasteiger partial charge in [-0.3, -0.25) is 0 Å². The van der Waals surface area contributed by atoms with Crippen LogP contribution in [0, 0.1) is 0 Å². The minimum absolute atomic E-state index is 0.579. The summed E-state index contributed by atoms with van der Waals surface area (Å²) in [5.74, 6) is 0.579. The predicted octanol–water partition coefficient (Wildman–Crippen LogP) is 15.0. The van der Waals surface area contributed by atoms with E-state index in [4.69, 9.17) is 13.8 Å². The Morgan fingerprint density at radius 3 is 1.61 bits per heavy atom. The Morgan fingerprint density at radius 1 is 0.386 bits per heavy atom. The highest BCUT2D eigenvalue weighted by molar-refractivity contribution is 6.19. The van der Waals surface area contributed by atoms with Crippen LogP contribution in [-0.4, -0.2) is 4.98 Å². The summed E-state index contributed by atoms with van der Waals surface area (Å²) >= 11 is 0. The molecule has 0 fully saturated rings. The first-order valence-corrected chi connectivity index (χ1v) is 19.2. The van der Waals surface area contributed by atoms with Gasteiger partial charge in [0.2, 0.25) is 5.89 Å². The van der Waals surface area contributed by atoms with Crippen LogP contribution >= 0.6 is 0 Å². The molecule has 2 heterocycles. The Kier molecular flexibility index (Phi) is 7.78. The molecule has 0 saturated heterocycles. The third kappa shape index (κ3) is 5.74. The normalized spacial score (nSPS) is 11.5. The third-order valence-electron chi connectivity index (χ3n) is 10.9. The molecular formula is C53H34N2O2. The second-order valence-corrected chi connectivity index (χ2v) is 14.3. The van der Waals surface area contributed by atoms with E-state index in [0.29, 0.717) is 5.89 Å². The lowest BCUT2D eigenvalue weighted by molar-refractivity contribution is 0.621. The maximum Gasteiger partial charge on any atom is 0.227 e. The third-order valence-corrected chi connectivity index (χ3v) is 10.9. The lowest BCUT2D eigenvalue weighted by atomic mass is 9.96. The molecule has 0 aliphatic carbocycles. The Morgan fingerprint density at radius 2 is 0.930 bits per heavy atom. The van der Waals surface area contributed by atoms with Gasteiger partial charge in [-0.1, -0.05) is 146 Å². The fourth-order valence-electron chi connectivity index (χ4n) is 8.16. The van der Waals surface area contributed by atoms with Gasteiger partial charge in [0.15, 0.2) is 5.58 Å². The molecule has 4 nitrogen and oxygen atoms in total. The number of rotatable bonds is 7. The van der Waals surface area contributed by atoms with Gasteiger partial charge in [0.25, 0.3) is 0 Å².